The van der Waals surface area contributed by atoms with Gasteiger partial charge < -0.3 is 10.2 Å². The summed E-state index contributed by atoms with van der Waals surface area (Å²) in [5.74, 6) is 0.147. The molecule has 1 aromatic carbocycles. The van der Waals surface area contributed by atoms with Crippen LogP contribution in [0.15, 0.2) is 24.3 Å². The monoisotopic (exact) mass is 218 g/mol. The zero-order valence-corrected chi connectivity index (χ0v) is 9.86. The van der Waals surface area contributed by atoms with Gasteiger partial charge in [-0.2, -0.15) is 0 Å². The fraction of sp³-hybridized carbons (Fsp3) is 0.462. The molecule has 0 aromatic heterocycles. The van der Waals surface area contributed by atoms with Crippen molar-refractivity contribution in [1.29, 1.82) is 0 Å². The topological polar surface area (TPSA) is 32.3 Å². The van der Waals surface area contributed by atoms with Gasteiger partial charge in [0.05, 0.1) is 0 Å². The molecule has 1 fully saturated rings. The molecule has 0 bridgehead atoms. The van der Waals surface area contributed by atoms with E-state index in [4.69, 9.17) is 0 Å². The van der Waals surface area contributed by atoms with Gasteiger partial charge in [-0.15, -0.1) is 0 Å². The molecule has 2 rings (SSSR count). The van der Waals surface area contributed by atoms with Crippen LogP contribution in [0.2, 0.25) is 0 Å². The highest BCUT2D eigenvalue weighted by molar-refractivity contribution is 5.94. The average molecular weight is 218 g/mol. The van der Waals surface area contributed by atoms with Gasteiger partial charge in [0.1, 0.15) is 0 Å². The second kappa shape index (κ2) is 4.66. The smallest absolute Gasteiger partial charge is 0.254 e. The quantitative estimate of drug-likeness (QED) is 0.773. The van der Waals surface area contributed by atoms with Crippen LogP contribution in [-0.2, 0) is 0 Å². The van der Waals surface area contributed by atoms with Crippen molar-refractivity contribution in [2.45, 2.75) is 19.9 Å². The van der Waals surface area contributed by atoms with Crippen LogP contribution >= 0.6 is 0 Å². The number of carbonyl (C=O) groups excluding carboxylic acids is 1. The van der Waals surface area contributed by atoms with Crippen LogP contribution in [0, 0.1) is 6.92 Å². The molecule has 16 heavy (non-hydrogen) atoms. The van der Waals surface area contributed by atoms with E-state index < -0.39 is 0 Å². The van der Waals surface area contributed by atoms with E-state index in [1.807, 2.05) is 36.1 Å². The van der Waals surface area contributed by atoms with Gasteiger partial charge in [-0.25, -0.2) is 0 Å². The number of nitrogens with zero attached hydrogens (tertiary/aromatic N) is 1. The van der Waals surface area contributed by atoms with Gasteiger partial charge >= 0.3 is 0 Å². The van der Waals surface area contributed by atoms with Crippen molar-refractivity contribution in [2.24, 2.45) is 0 Å². The molecule has 0 radical (unpaired) electrons. The minimum atomic E-state index is 0.147. The van der Waals surface area contributed by atoms with Crippen molar-refractivity contribution in [3.05, 3.63) is 35.4 Å². The SMILES string of the molecule is Cc1ccc(C(=O)N2CCNC[C@H]2C)cc1. The summed E-state index contributed by atoms with van der Waals surface area (Å²) in [6.45, 7) is 6.69. The fourth-order valence-corrected chi connectivity index (χ4v) is 2.00. The number of carbonyl (C=O) groups is 1. The molecule has 3 nitrogen and oxygen atoms in total. The van der Waals surface area contributed by atoms with Crippen LogP contribution in [-0.4, -0.2) is 36.5 Å². The molecular formula is C13H18N2O. The molecule has 1 amide bonds. The van der Waals surface area contributed by atoms with Gasteiger partial charge in [0.2, 0.25) is 0 Å². The summed E-state index contributed by atoms with van der Waals surface area (Å²) in [6, 6.07) is 8.07. The van der Waals surface area contributed by atoms with E-state index in [0.29, 0.717) is 0 Å². The Balaban J connectivity index is 2.14. The molecule has 0 saturated carbocycles. The van der Waals surface area contributed by atoms with Gasteiger partial charge in [-0.1, -0.05) is 17.7 Å². The highest BCUT2D eigenvalue weighted by Crippen LogP contribution is 2.11. The number of hydrogen-bond donors (Lipinski definition) is 1. The third-order valence-electron chi connectivity index (χ3n) is 3.06. The van der Waals surface area contributed by atoms with E-state index >= 15 is 0 Å². The summed E-state index contributed by atoms with van der Waals surface area (Å²) in [5.41, 5.74) is 1.98. The molecule has 1 atom stereocenters. The van der Waals surface area contributed by atoms with E-state index in [9.17, 15) is 4.79 Å². The number of benzene rings is 1. The molecule has 1 N–H and O–H groups in total. The summed E-state index contributed by atoms with van der Waals surface area (Å²) in [4.78, 5) is 14.2. The highest BCUT2D eigenvalue weighted by Gasteiger charge is 2.23. The molecule has 0 spiro atoms. The van der Waals surface area contributed by atoms with Gasteiger partial charge in [0.25, 0.3) is 5.91 Å². The second-order valence-corrected chi connectivity index (χ2v) is 4.42. The van der Waals surface area contributed by atoms with Crippen LogP contribution in [0.1, 0.15) is 22.8 Å². The Morgan fingerprint density at radius 1 is 1.38 bits per heavy atom. The maximum Gasteiger partial charge on any atom is 0.254 e. The molecule has 0 aliphatic carbocycles. The molecule has 0 unspecified atom stereocenters. The molecule has 1 aliphatic heterocycles. The van der Waals surface area contributed by atoms with Gasteiger partial charge in [0.15, 0.2) is 0 Å². The van der Waals surface area contributed by atoms with Crippen molar-refractivity contribution in [3.63, 3.8) is 0 Å². The number of nitrogens with one attached hydrogen (secondary N) is 1. The van der Waals surface area contributed by atoms with Crippen LogP contribution in [0.25, 0.3) is 0 Å². The largest absolute Gasteiger partial charge is 0.333 e. The Bertz CT molecular complexity index is 372. The van der Waals surface area contributed by atoms with Crippen LogP contribution in [0.4, 0.5) is 0 Å². The summed E-state index contributed by atoms with van der Waals surface area (Å²) >= 11 is 0. The lowest BCUT2D eigenvalue weighted by molar-refractivity contribution is 0.0656. The van der Waals surface area contributed by atoms with Gasteiger partial charge in [0, 0.05) is 31.2 Å². The molecule has 1 saturated heterocycles. The highest BCUT2D eigenvalue weighted by atomic mass is 16.2. The van der Waals surface area contributed by atoms with E-state index in [-0.39, 0.29) is 11.9 Å². The minimum Gasteiger partial charge on any atom is -0.333 e. The van der Waals surface area contributed by atoms with E-state index in [2.05, 4.69) is 12.2 Å². The summed E-state index contributed by atoms with van der Waals surface area (Å²) < 4.78 is 0. The Morgan fingerprint density at radius 2 is 2.06 bits per heavy atom. The molecule has 1 aliphatic rings. The Morgan fingerprint density at radius 3 is 2.69 bits per heavy atom. The molecular weight excluding hydrogens is 200 g/mol. The lowest BCUT2D eigenvalue weighted by Gasteiger charge is -2.34. The Labute approximate surface area is 96.5 Å². The van der Waals surface area contributed by atoms with Crippen molar-refractivity contribution in [1.82, 2.24) is 10.2 Å². The maximum absolute atomic E-state index is 12.2. The van der Waals surface area contributed by atoms with Crippen LogP contribution in [0.3, 0.4) is 0 Å². The number of piperazine rings is 1. The van der Waals surface area contributed by atoms with E-state index in [0.717, 1.165) is 25.2 Å². The van der Waals surface area contributed by atoms with Gasteiger partial charge in [-0.05, 0) is 26.0 Å². The normalized spacial score (nSPS) is 20.9. The number of amides is 1. The number of hydrogen-bond acceptors (Lipinski definition) is 2. The van der Waals surface area contributed by atoms with E-state index in [1.165, 1.54) is 5.56 Å². The summed E-state index contributed by atoms with van der Waals surface area (Å²) in [5, 5.41) is 3.29. The first kappa shape index (κ1) is 11.1. The first-order chi connectivity index (χ1) is 7.68. The predicted molar refractivity (Wildman–Crippen MR) is 64.5 cm³/mol. The first-order valence-electron chi connectivity index (χ1n) is 5.77. The first-order valence-corrected chi connectivity index (χ1v) is 5.77. The second-order valence-electron chi connectivity index (χ2n) is 4.42. The van der Waals surface area contributed by atoms with Crippen molar-refractivity contribution < 1.29 is 4.79 Å². The number of aryl methyl sites for hydroxylation is 1. The lowest BCUT2D eigenvalue weighted by atomic mass is 10.1. The third kappa shape index (κ3) is 2.25. The molecule has 1 heterocycles. The Hall–Kier alpha value is -1.35. The molecule has 86 valence electrons. The summed E-state index contributed by atoms with van der Waals surface area (Å²) in [6.07, 6.45) is 0. The van der Waals surface area contributed by atoms with Crippen LogP contribution in [0.5, 0.6) is 0 Å². The van der Waals surface area contributed by atoms with E-state index in [1.54, 1.807) is 0 Å². The summed E-state index contributed by atoms with van der Waals surface area (Å²) in [7, 11) is 0. The predicted octanol–water partition coefficient (Wildman–Crippen LogP) is 1.43. The lowest BCUT2D eigenvalue weighted by Crippen LogP contribution is -2.52. The van der Waals surface area contributed by atoms with Gasteiger partial charge in [-0.3, -0.25) is 4.79 Å². The van der Waals surface area contributed by atoms with Crippen molar-refractivity contribution in [2.75, 3.05) is 19.6 Å². The zero-order chi connectivity index (χ0) is 11.5. The molecule has 1 aromatic rings. The van der Waals surface area contributed by atoms with Crippen LogP contribution < -0.4 is 5.32 Å². The van der Waals surface area contributed by atoms with Crippen molar-refractivity contribution >= 4 is 5.91 Å². The standard InChI is InChI=1S/C13H18N2O/c1-10-3-5-12(6-4-10)13(16)15-8-7-14-9-11(15)2/h3-6,11,14H,7-9H2,1-2H3/t11-/m1/s1. The third-order valence-corrected chi connectivity index (χ3v) is 3.06. The zero-order valence-electron chi connectivity index (χ0n) is 9.86. The number of rotatable bonds is 1. The fourth-order valence-electron chi connectivity index (χ4n) is 2.00. The maximum atomic E-state index is 12.2. The minimum absolute atomic E-state index is 0.147. The Kier molecular flexibility index (Phi) is 3.25. The average Bonchev–Trinajstić information content (AvgIpc) is 2.30. The molecule has 3 heteroatoms. The van der Waals surface area contributed by atoms with Crippen molar-refractivity contribution in [3.8, 4) is 0 Å².